The van der Waals surface area contributed by atoms with Crippen LogP contribution in [0.3, 0.4) is 0 Å². The van der Waals surface area contributed by atoms with E-state index in [1.165, 1.54) is 0 Å². The van der Waals surface area contributed by atoms with Crippen molar-refractivity contribution in [2.24, 2.45) is 0 Å². The van der Waals surface area contributed by atoms with Crippen molar-refractivity contribution >= 4 is 40.6 Å². The molecule has 0 aromatic heterocycles. The monoisotopic (exact) mass is 420 g/mol. The third-order valence-electron chi connectivity index (χ3n) is 4.47. The van der Waals surface area contributed by atoms with Gasteiger partial charge in [0.05, 0.1) is 4.91 Å². The molecule has 1 saturated heterocycles. The first kappa shape index (κ1) is 21.2. The molecule has 0 saturated carbocycles. The number of nitrogens with one attached hydrogen (secondary N) is 1. The number of nitrogens with zero attached hydrogens (tertiary/aromatic N) is 1. The maximum atomic E-state index is 12.6. The summed E-state index contributed by atoms with van der Waals surface area (Å²) in [4.78, 5) is 38.4. The summed E-state index contributed by atoms with van der Waals surface area (Å²) in [6, 6.07) is 12.5. The molecule has 30 heavy (non-hydrogen) atoms. The molecule has 0 spiro atoms. The van der Waals surface area contributed by atoms with E-state index in [0.717, 1.165) is 33.4 Å². The van der Waals surface area contributed by atoms with Crippen LogP contribution in [0.4, 0.5) is 10.5 Å². The first-order valence-corrected chi connectivity index (χ1v) is 9.98. The first-order valence-electron chi connectivity index (χ1n) is 9.16. The molecule has 152 valence electrons. The van der Waals surface area contributed by atoms with E-state index in [-0.39, 0.29) is 18.1 Å². The molecule has 0 bridgehead atoms. The van der Waals surface area contributed by atoms with Crippen LogP contribution >= 0.6 is 11.8 Å². The minimum absolute atomic E-state index is 0.169. The fourth-order valence-electron chi connectivity index (χ4n) is 2.74. The van der Waals surface area contributed by atoms with Gasteiger partial charge in [0.15, 0.2) is 0 Å². The third kappa shape index (κ3) is 5.10. The molecule has 1 aliphatic heterocycles. The fourth-order valence-corrected chi connectivity index (χ4v) is 3.57. The molecule has 0 atom stereocenters. The van der Waals surface area contributed by atoms with E-state index in [4.69, 9.17) is 11.2 Å². The van der Waals surface area contributed by atoms with E-state index in [1.54, 1.807) is 36.4 Å². The van der Waals surface area contributed by atoms with Crippen molar-refractivity contribution in [1.82, 2.24) is 4.90 Å². The van der Waals surface area contributed by atoms with E-state index in [9.17, 15) is 14.4 Å². The molecule has 1 heterocycles. The number of anilines is 1. The highest BCUT2D eigenvalue weighted by atomic mass is 32.2. The molecule has 7 heteroatoms. The van der Waals surface area contributed by atoms with Gasteiger partial charge in [-0.1, -0.05) is 24.1 Å². The lowest BCUT2D eigenvalue weighted by Gasteiger charge is -2.13. The van der Waals surface area contributed by atoms with Crippen molar-refractivity contribution in [3.05, 3.63) is 64.1 Å². The summed E-state index contributed by atoms with van der Waals surface area (Å²) >= 11 is 0.808. The van der Waals surface area contributed by atoms with Crippen molar-refractivity contribution < 1.29 is 19.1 Å². The Morgan fingerprint density at radius 3 is 2.57 bits per heavy atom. The number of terminal acetylenes is 1. The molecular weight excluding hydrogens is 400 g/mol. The molecule has 3 amide bonds. The average Bonchev–Trinajstić information content (AvgIpc) is 2.97. The van der Waals surface area contributed by atoms with E-state index in [0.29, 0.717) is 11.4 Å². The van der Waals surface area contributed by atoms with E-state index in [2.05, 4.69) is 11.2 Å². The summed E-state index contributed by atoms with van der Waals surface area (Å²) in [6.45, 7) is 3.75. The van der Waals surface area contributed by atoms with Crippen LogP contribution in [-0.2, 0) is 9.59 Å². The molecule has 1 aliphatic rings. The zero-order chi connectivity index (χ0) is 21.7. The van der Waals surface area contributed by atoms with Gasteiger partial charge < -0.3 is 10.1 Å². The Morgan fingerprint density at radius 1 is 1.17 bits per heavy atom. The lowest BCUT2D eigenvalue weighted by molar-refractivity contribution is -0.127. The van der Waals surface area contributed by atoms with E-state index < -0.39 is 17.1 Å². The minimum atomic E-state index is -0.493. The largest absolute Gasteiger partial charge is 0.481 e. The zero-order valence-electron chi connectivity index (χ0n) is 16.6. The number of ether oxygens (including phenoxy) is 1. The zero-order valence-corrected chi connectivity index (χ0v) is 17.4. The second-order valence-electron chi connectivity index (χ2n) is 6.68. The van der Waals surface area contributed by atoms with Crippen LogP contribution in [0.15, 0.2) is 47.4 Å². The summed E-state index contributed by atoms with van der Waals surface area (Å²) < 4.78 is 5.31. The summed E-state index contributed by atoms with van der Waals surface area (Å²) in [5.74, 6) is 2.07. The summed E-state index contributed by atoms with van der Waals surface area (Å²) in [6.07, 6.45) is 6.76. The number of rotatable bonds is 6. The Balaban J connectivity index is 1.65. The van der Waals surface area contributed by atoms with Crippen molar-refractivity contribution in [2.75, 3.05) is 18.5 Å². The molecule has 1 fully saturated rings. The number of imide groups is 1. The molecule has 0 aliphatic carbocycles. The van der Waals surface area contributed by atoms with Crippen LogP contribution in [0.2, 0.25) is 0 Å². The number of carbonyl (C=O) groups excluding carboxylic acids is 3. The van der Waals surface area contributed by atoms with Gasteiger partial charge in [-0.3, -0.25) is 19.3 Å². The SMILES string of the molecule is C#CCOc1ccc(C=C2SC(=O)N(CC(=O)Nc3ccc(C)c(C)c3)C2=O)cc1. The number of thioether (sulfide) groups is 1. The number of benzene rings is 2. The highest BCUT2D eigenvalue weighted by Gasteiger charge is 2.36. The fraction of sp³-hybridized carbons (Fsp3) is 0.174. The highest BCUT2D eigenvalue weighted by molar-refractivity contribution is 8.18. The molecule has 6 nitrogen and oxygen atoms in total. The van der Waals surface area contributed by atoms with Crippen LogP contribution < -0.4 is 10.1 Å². The van der Waals surface area contributed by atoms with Gasteiger partial charge in [0.25, 0.3) is 11.1 Å². The summed E-state index contributed by atoms with van der Waals surface area (Å²) in [5.41, 5.74) is 3.50. The van der Waals surface area contributed by atoms with Crippen molar-refractivity contribution in [3.8, 4) is 18.1 Å². The lowest BCUT2D eigenvalue weighted by atomic mass is 10.1. The second kappa shape index (κ2) is 9.33. The van der Waals surface area contributed by atoms with Crippen molar-refractivity contribution in [2.45, 2.75) is 13.8 Å². The van der Waals surface area contributed by atoms with Gasteiger partial charge in [-0.2, -0.15) is 0 Å². The minimum Gasteiger partial charge on any atom is -0.481 e. The predicted octanol–water partition coefficient (Wildman–Crippen LogP) is 3.99. The molecular formula is C23H20N2O4S. The van der Waals surface area contributed by atoms with Crippen LogP contribution in [-0.4, -0.2) is 35.1 Å². The predicted molar refractivity (Wildman–Crippen MR) is 118 cm³/mol. The number of amides is 3. The molecule has 2 aromatic rings. The van der Waals surface area contributed by atoms with Crippen LogP contribution in [0.25, 0.3) is 6.08 Å². The first-order chi connectivity index (χ1) is 14.4. The van der Waals surface area contributed by atoms with Crippen LogP contribution in [0.1, 0.15) is 16.7 Å². The standard InChI is InChI=1S/C23H20N2O4S/c1-4-11-29-19-9-6-17(7-10-19)13-20-22(27)25(23(28)30-20)14-21(26)24-18-8-5-15(2)16(3)12-18/h1,5-10,12-13H,11,14H2,2-3H3,(H,24,26). The van der Waals surface area contributed by atoms with Gasteiger partial charge in [-0.15, -0.1) is 6.42 Å². The lowest BCUT2D eigenvalue weighted by Crippen LogP contribution is -2.36. The van der Waals surface area contributed by atoms with Gasteiger partial charge in [0.2, 0.25) is 5.91 Å². The van der Waals surface area contributed by atoms with Gasteiger partial charge in [0, 0.05) is 5.69 Å². The van der Waals surface area contributed by atoms with Crippen molar-refractivity contribution in [3.63, 3.8) is 0 Å². The van der Waals surface area contributed by atoms with Crippen LogP contribution in [0, 0.1) is 26.2 Å². The van der Waals surface area contributed by atoms with Gasteiger partial charge in [-0.25, -0.2) is 0 Å². The Bertz CT molecular complexity index is 1070. The van der Waals surface area contributed by atoms with Crippen molar-refractivity contribution in [1.29, 1.82) is 0 Å². The smallest absolute Gasteiger partial charge is 0.294 e. The van der Waals surface area contributed by atoms with Gasteiger partial charge in [-0.05, 0) is 72.6 Å². The normalized spacial score (nSPS) is 14.7. The number of carbonyl (C=O) groups is 3. The summed E-state index contributed by atoms with van der Waals surface area (Å²) in [5, 5.41) is 2.25. The van der Waals surface area contributed by atoms with E-state index >= 15 is 0 Å². The number of hydrogen-bond acceptors (Lipinski definition) is 5. The van der Waals surface area contributed by atoms with Gasteiger partial charge in [0.1, 0.15) is 18.9 Å². The maximum absolute atomic E-state index is 12.6. The Kier molecular flexibility index (Phi) is 6.60. The second-order valence-corrected chi connectivity index (χ2v) is 7.67. The van der Waals surface area contributed by atoms with Crippen LogP contribution in [0.5, 0.6) is 5.75 Å². The summed E-state index contributed by atoms with van der Waals surface area (Å²) in [7, 11) is 0. The Hall–Kier alpha value is -3.50. The molecule has 1 N–H and O–H groups in total. The van der Waals surface area contributed by atoms with Gasteiger partial charge >= 0.3 is 0 Å². The molecule has 0 radical (unpaired) electrons. The molecule has 2 aromatic carbocycles. The maximum Gasteiger partial charge on any atom is 0.294 e. The Labute approximate surface area is 179 Å². The number of aryl methyl sites for hydroxylation is 2. The molecule has 0 unspecified atom stereocenters. The topological polar surface area (TPSA) is 75.7 Å². The number of hydrogen-bond donors (Lipinski definition) is 1. The quantitative estimate of drug-likeness (QED) is 0.565. The average molecular weight is 420 g/mol. The highest BCUT2D eigenvalue weighted by Crippen LogP contribution is 2.32. The third-order valence-corrected chi connectivity index (χ3v) is 5.37. The van der Waals surface area contributed by atoms with E-state index in [1.807, 2.05) is 26.0 Å². The molecule has 3 rings (SSSR count). The Morgan fingerprint density at radius 2 is 1.90 bits per heavy atom.